The molecule has 4 heteroatoms. The molecule has 2 atom stereocenters. The lowest BCUT2D eigenvalue weighted by Crippen LogP contribution is -2.48. The summed E-state index contributed by atoms with van der Waals surface area (Å²) in [6.07, 6.45) is 4.01. The third-order valence-electron chi connectivity index (χ3n) is 3.23. The number of carbonyl (C=O) groups excluding carboxylic acids is 1. The van der Waals surface area contributed by atoms with Crippen LogP contribution in [0.1, 0.15) is 19.8 Å². The Morgan fingerprint density at radius 3 is 3.00 bits per heavy atom. The van der Waals surface area contributed by atoms with Crippen LogP contribution in [0.3, 0.4) is 0 Å². The molecule has 3 N–H and O–H groups in total. The molecule has 0 saturated carbocycles. The lowest BCUT2D eigenvalue weighted by atomic mass is 9.93. The monoisotopic (exact) mass is 225 g/mol. The van der Waals surface area contributed by atoms with E-state index in [9.17, 15) is 4.79 Å². The van der Waals surface area contributed by atoms with E-state index in [1.807, 2.05) is 0 Å². The van der Waals surface area contributed by atoms with Gasteiger partial charge in [-0.3, -0.25) is 9.69 Å². The van der Waals surface area contributed by atoms with Crippen molar-refractivity contribution in [2.24, 2.45) is 11.7 Å². The van der Waals surface area contributed by atoms with Crippen LogP contribution in [0.25, 0.3) is 0 Å². The number of carbonyl (C=O) groups is 1. The van der Waals surface area contributed by atoms with Gasteiger partial charge in [-0.15, -0.1) is 6.58 Å². The molecular weight excluding hydrogens is 202 g/mol. The van der Waals surface area contributed by atoms with Crippen LogP contribution in [0.5, 0.6) is 0 Å². The molecular formula is C12H23N3O. The minimum absolute atomic E-state index is 0.0735. The second-order valence-electron chi connectivity index (χ2n) is 4.55. The van der Waals surface area contributed by atoms with Gasteiger partial charge in [-0.05, 0) is 32.2 Å². The molecule has 0 aliphatic carbocycles. The summed E-state index contributed by atoms with van der Waals surface area (Å²) in [7, 11) is 0. The summed E-state index contributed by atoms with van der Waals surface area (Å²) in [5.41, 5.74) is 5.68. The molecule has 1 amide bonds. The maximum atomic E-state index is 11.6. The summed E-state index contributed by atoms with van der Waals surface area (Å²) in [6.45, 7) is 8.43. The number of piperidine rings is 1. The number of amides is 1. The highest BCUT2D eigenvalue weighted by Gasteiger charge is 2.25. The number of nitrogens with zero attached hydrogens (tertiary/aromatic N) is 1. The summed E-state index contributed by atoms with van der Waals surface area (Å²) in [5.74, 6) is 0.618. The first kappa shape index (κ1) is 13.2. The maximum absolute atomic E-state index is 11.6. The fraction of sp³-hybridized carbons (Fsp3) is 0.750. The molecule has 1 fully saturated rings. The van der Waals surface area contributed by atoms with Crippen molar-refractivity contribution in [1.82, 2.24) is 10.2 Å². The second kappa shape index (κ2) is 6.66. The molecule has 1 saturated heterocycles. The standard InChI is InChI=1S/C12H23N3O/c1-3-6-14-12(16)9-15-8-11(7-13)5-4-10(15)2/h3,10-11H,1,4-9,13H2,2H3,(H,14,16). The van der Waals surface area contributed by atoms with Crippen LogP contribution in [0.4, 0.5) is 0 Å². The summed E-state index contributed by atoms with van der Waals surface area (Å²) < 4.78 is 0. The van der Waals surface area contributed by atoms with Gasteiger partial charge in [-0.2, -0.15) is 0 Å². The minimum atomic E-state index is 0.0735. The van der Waals surface area contributed by atoms with Crippen LogP contribution < -0.4 is 11.1 Å². The van der Waals surface area contributed by atoms with E-state index >= 15 is 0 Å². The first-order chi connectivity index (χ1) is 7.67. The topological polar surface area (TPSA) is 58.4 Å². The molecule has 1 rings (SSSR count). The highest BCUT2D eigenvalue weighted by Crippen LogP contribution is 2.20. The Kier molecular flexibility index (Phi) is 5.49. The number of rotatable bonds is 5. The summed E-state index contributed by atoms with van der Waals surface area (Å²) in [5, 5.41) is 2.80. The van der Waals surface area contributed by atoms with Crippen molar-refractivity contribution in [1.29, 1.82) is 0 Å². The predicted octanol–water partition coefficient (Wildman–Crippen LogP) is 0.348. The van der Waals surface area contributed by atoms with Crippen LogP contribution in [0.2, 0.25) is 0 Å². The van der Waals surface area contributed by atoms with E-state index in [1.54, 1.807) is 6.08 Å². The van der Waals surface area contributed by atoms with Gasteiger partial charge >= 0.3 is 0 Å². The Morgan fingerprint density at radius 2 is 2.38 bits per heavy atom. The van der Waals surface area contributed by atoms with E-state index in [4.69, 9.17) is 5.73 Å². The van der Waals surface area contributed by atoms with E-state index in [1.165, 1.54) is 6.42 Å². The number of nitrogens with two attached hydrogens (primary N) is 1. The molecule has 0 radical (unpaired) electrons. The Hall–Kier alpha value is -0.870. The molecule has 2 unspecified atom stereocenters. The fourth-order valence-corrected chi connectivity index (χ4v) is 2.10. The van der Waals surface area contributed by atoms with Crippen molar-refractivity contribution >= 4 is 5.91 Å². The zero-order valence-corrected chi connectivity index (χ0v) is 10.1. The van der Waals surface area contributed by atoms with Gasteiger partial charge in [-0.25, -0.2) is 0 Å². The predicted molar refractivity (Wildman–Crippen MR) is 66.0 cm³/mol. The van der Waals surface area contributed by atoms with E-state index < -0.39 is 0 Å². The molecule has 1 aliphatic heterocycles. The van der Waals surface area contributed by atoms with Crippen molar-refractivity contribution < 1.29 is 4.79 Å². The van der Waals surface area contributed by atoms with Gasteiger partial charge in [0.25, 0.3) is 0 Å². The fourth-order valence-electron chi connectivity index (χ4n) is 2.10. The number of nitrogens with one attached hydrogen (secondary N) is 1. The van der Waals surface area contributed by atoms with Crippen molar-refractivity contribution in [2.75, 3.05) is 26.2 Å². The van der Waals surface area contributed by atoms with Gasteiger partial charge in [0, 0.05) is 19.1 Å². The Balaban J connectivity index is 2.38. The van der Waals surface area contributed by atoms with Crippen LogP contribution in [0.15, 0.2) is 12.7 Å². The minimum Gasteiger partial charge on any atom is -0.352 e. The second-order valence-corrected chi connectivity index (χ2v) is 4.55. The zero-order valence-electron chi connectivity index (χ0n) is 10.1. The van der Waals surface area contributed by atoms with Crippen molar-refractivity contribution in [3.05, 3.63) is 12.7 Å². The molecule has 0 aromatic heterocycles. The average molecular weight is 225 g/mol. The normalized spacial score (nSPS) is 26.4. The SMILES string of the molecule is C=CCNC(=O)CN1CC(CN)CCC1C. The average Bonchev–Trinajstić information content (AvgIpc) is 2.29. The van der Waals surface area contributed by atoms with E-state index in [0.29, 0.717) is 25.0 Å². The Bertz CT molecular complexity index is 242. The Morgan fingerprint density at radius 1 is 1.62 bits per heavy atom. The molecule has 4 nitrogen and oxygen atoms in total. The van der Waals surface area contributed by atoms with Gasteiger partial charge in [-0.1, -0.05) is 6.08 Å². The number of hydrogen-bond acceptors (Lipinski definition) is 3. The molecule has 0 aromatic carbocycles. The van der Waals surface area contributed by atoms with Crippen molar-refractivity contribution in [3.8, 4) is 0 Å². The number of hydrogen-bond donors (Lipinski definition) is 2. The molecule has 92 valence electrons. The molecule has 0 spiro atoms. The van der Waals surface area contributed by atoms with Crippen LogP contribution >= 0.6 is 0 Å². The lowest BCUT2D eigenvalue weighted by molar-refractivity contribution is -0.123. The summed E-state index contributed by atoms with van der Waals surface area (Å²) >= 11 is 0. The number of likely N-dealkylation sites (tertiary alicyclic amines) is 1. The quantitative estimate of drug-likeness (QED) is 0.664. The summed E-state index contributed by atoms with van der Waals surface area (Å²) in [4.78, 5) is 13.8. The van der Waals surface area contributed by atoms with Gasteiger partial charge in [0.15, 0.2) is 0 Å². The van der Waals surface area contributed by atoms with Gasteiger partial charge in [0.2, 0.25) is 5.91 Å². The zero-order chi connectivity index (χ0) is 12.0. The van der Waals surface area contributed by atoms with Gasteiger partial charge in [0.05, 0.1) is 6.54 Å². The van der Waals surface area contributed by atoms with E-state index in [2.05, 4.69) is 23.7 Å². The third kappa shape index (κ3) is 3.94. The molecule has 0 aromatic rings. The van der Waals surface area contributed by atoms with Crippen molar-refractivity contribution in [3.63, 3.8) is 0 Å². The molecule has 16 heavy (non-hydrogen) atoms. The molecule has 0 bridgehead atoms. The summed E-state index contributed by atoms with van der Waals surface area (Å²) in [6, 6.07) is 0.484. The third-order valence-corrected chi connectivity index (χ3v) is 3.23. The lowest BCUT2D eigenvalue weighted by Gasteiger charge is -2.37. The first-order valence-electron chi connectivity index (χ1n) is 5.99. The smallest absolute Gasteiger partial charge is 0.234 e. The largest absolute Gasteiger partial charge is 0.352 e. The maximum Gasteiger partial charge on any atom is 0.234 e. The van der Waals surface area contributed by atoms with Gasteiger partial charge in [0.1, 0.15) is 0 Å². The van der Waals surface area contributed by atoms with Gasteiger partial charge < -0.3 is 11.1 Å². The first-order valence-corrected chi connectivity index (χ1v) is 5.99. The highest BCUT2D eigenvalue weighted by atomic mass is 16.2. The van der Waals surface area contributed by atoms with Crippen LogP contribution in [-0.2, 0) is 4.79 Å². The van der Waals surface area contributed by atoms with E-state index in [-0.39, 0.29) is 5.91 Å². The molecule has 1 heterocycles. The van der Waals surface area contributed by atoms with Crippen LogP contribution in [0, 0.1) is 5.92 Å². The Labute approximate surface area is 97.9 Å². The van der Waals surface area contributed by atoms with E-state index in [0.717, 1.165) is 19.5 Å². The highest BCUT2D eigenvalue weighted by molar-refractivity contribution is 5.78. The molecule has 1 aliphatic rings. The van der Waals surface area contributed by atoms with Crippen LogP contribution in [-0.4, -0.2) is 43.0 Å². The van der Waals surface area contributed by atoms with Crippen molar-refractivity contribution in [2.45, 2.75) is 25.8 Å².